The molecule has 1 aromatic carbocycles. The van der Waals surface area contributed by atoms with Crippen molar-refractivity contribution in [3.8, 4) is 0 Å². The first kappa shape index (κ1) is 24.6. The number of halogens is 1. The highest BCUT2D eigenvalue weighted by molar-refractivity contribution is 6.32. The maximum Gasteiger partial charge on any atom is 0.321 e. The van der Waals surface area contributed by atoms with Crippen molar-refractivity contribution in [3.05, 3.63) is 105 Å². The van der Waals surface area contributed by atoms with Gasteiger partial charge in [0.2, 0.25) is 0 Å². The number of nitrogens with zero attached hydrogens (tertiary/aromatic N) is 2. The van der Waals surface area contributed by atoms with Crippen LogP contribution >= 0.6 is 11.6 Å². The van der Waals surface area contributed by atoms with Crippen LogP contribution in [0.15, 0.2) is 89.4 Å². The van der Waals surface area contributed by atoms with E-state index < -0.39 is 0 Å². The van der Waals surface area contributed by atoms with Gasteiger partial charge in [-0.2, -0.15) is 5.10 Å². The van der Waals surface area contributed by atoms with E-state index in [0.29, 0.717) is 42.1 Å². The number of ether oxygens (including phenoxy) is 3. The number of aromatic nitrogens is 2. The van der Waals surface area contributed by atoms with Crippen LogP contribution in [0.1, 0.15) is 24.8 Å². The zero-order valence-corrected chi connectivity index (χ0v) is 20.2. The fourth-order valence-electron chi connectivity index (χ4n) is 3.75. The Balaban J connectivity index is 1.25. The number of H-pyrrole nitrogens is 1. The van der Waals surface area contributed by atoms with Crippen molar-refractivity contribution in [3.63, 3.8) is 0 Å². The molecule has 35 heavy (non-hydrogen) atoms. The molecule has 2 aliphatic rings. The number of benzene rings is 1. The van der Waals surface area contributed by atoms with Crippen molar-refractivity contribution >= 4 is 17.3 Å². The number of anilines is 1. The van der Waals surface area contributed by atoms with E-state index in [-0.39, 0.29) is 5.56 Å². The maximum atomic E-state index is 11.9. The molecule has 4 rings (SSSR count). The van der Waals surface area contributed by atoms with Crippen LogP contribution in [-0.2, 0) is 20.8 Å². The molecule has 2 heterocycles. The van der Waals surface area contributed by atoms with Crippen molar-refractivity contribution in [1.82, 2.24) is 15.1 Å². The highest BCUT2D eigenvalue weighted by atomic mass is 35.5. The van der Waals surface area contributed by atoms with Crippen molar-refractivity contribution in [2.75, 3.05) is 31.6 Å². The Morgan fingerprint density at radius 2 is 2.06 bits per heavy atom. The third-order valence-corrected chi connectivity index (χ3v) is 5.84. The van der Waals surface area contributed by atoms with E-state index in [1.165, 1.54) is 18.0 Å². The first-order valence-electron chi connectivity index (χ1n) is 11.6. The Kier molecular flexibility index (Phi) is 9.03. The number of allylic oxidation sites excluding steroid dienone is 4. The van der Waals surface area contributed by atoms with Crippen molar-refractivity contribution in [1.29, 1.82) is 0 Å². The van der Waals surface area contributed by atoms with Gasteiger partial charge in [0.15, 0.2) is 12.0 Å². The van der Waals surface area contributed by atoms with Gasteiger partial charge in [0.1, 0.15) is 18.6 Å². The largest absolute Gasteiger partial charge is 0.462 e. The summed E-state index contributed by atoms with van der Waals surface area (Å²) in [6.45, 7) is 3.31. The predicted octanol–water partition coefficient (Wildman–Crippen LogP) is 4.71. The molecule has 1 aliphatic carbocycles. The molecule has 184 valence electrons. The fourth-order valence-corrected chi connectivity index (χ4v) is 3.95. The summed E-state index contributed by atoms with van der Waals surface area (Å²) < 4.78 is 17.1. The number of hydrogen-bond donors (Lipinski definition) is 2. The van der Waals surface area contributed by atoms with Gasteiger partial charge in [-0.15, -0.1) is 0 Å². The summed E-state index contributed by atoms with van der Waals surface area (Å²) in [6, 6.07) is 10.3. The average Bonchev–Trinajstić information content (AvgIpc) is 2.89. The minimum Gasteiger partial charge on any atom is -0.462 e. The Hall–Kier alpha value is -3.49. The molecule has 0 spiro atoms. The van der Waals surface area contributed by atoms with Crippen molar-refractivity contribution < 1.29 is 14.2 Å². The molecule has 1 aromatic heterocycles. The van der Waals surface area contributed by atoms with Crippen LogP contribution < -0.4 is 10.9 Å². The molecule has 8 nitrogen and oxygen atoms in total. The van der Waals surface area contributed by atoms with Gasteiger partial charge < -0.3 is 19.5 Å². The van der Waals surface area contributed by atoms with Crippen molar-refractivity contribution in [2.45, 2.75) is 25.8 Å². The molecule has 1 aliphatic heterocycles. The second kappa shape index (κ2) is 12.8. The summed E-state index contributed by atoms with van der Waals surface area (Å²) in [6.07, 6.45) is 13.4. The number of aromatic amines is 1. The fraction of sp³-hybridized carbons (Fsp3) is 0.308. The summed E-state index contributed by atoms with van der Waals surface area (Å²) >= 11 is 6.06. The summed E-state index contributed by atoms with van der Waals surface area (Å²) in [5, 5.41) is 9.48. The Labute approximate surface area is 209 Å². The molecule has 0 radical (unpaired) electrons. The van der Waals surface area contributed by atoms with E-state index >= 15 is 0 Å². The Bertz CT molecular complexity index is 1160. The molecule has 0 amide bonds. The SMILES string of the molecule is O=c1[nH]ncc(Cl)c1NCCCN(CCOC1=COC(C2=CC=CCC2)=CO1)Cc1ccccc1. The van der Waals surface area contributed by atoms with Crippen LogP contribution in [-0.4, -0.2) is 41.3 Å². The van der Waals surface area contributed by atoms with Crippen LogP contribution in [0, 0.1) is 0 Å². The minimum atomic E-state index is -0.330. The molecule has 0 saturated carbocycles. The van der Waals surface area contributed by atoms with E-state index in [1.807, 2.05) is 30.4 Å². The van der Waals surface area contributed by atoms with Gasteiger partial charge in [-0.3, -0.25) is 9.69 Å². The lowest BCUT2D eigenvalue weighted by molar-refractivity contribution is 0.0407. The van der Waals surface area contributed by atoms with Crippen LogP contribution in [0.5, 0.6) is 0 Å². The lowest BCUT2D eigenvalue weighted by Crippen LogP contribution is -2.30. The predicted molar refractivity (Wildman–Crippen MR) is 135 cm³/mol. The normalized spacial score (nSPS) is 15.0. The third kappa shape index (κ3) is 7.50. The van der Waals surface area contributed by atoms with Gasteiger partial charge in [-0.05, 0) is 30.4 Å². The zero-order valence-electron chi connectivity index (χ0n) is 19.4. The van der Waals surface area contributed by atoms with Crippen molar-refractivity contribution in [2.24, 2.45) is 0 Å². The summed E-state index contributed by atoms with van der Waals surface area (Å²) in [5.41, 5.74) is 2.34. The monoisotopic (exact) mass is 496 g/mol. The third-order valence-electron chi connectivity index (χ3n) is 5.56. The molecule has 0 fully saturated rings. The number of hydrogen-bond acceptors (Lipinski definition) is 7. The summed E-state index contributed by atoms with van der Waals surface area (Å²) in [7, 11) is 0. The average molecular weight is 497 g/mol. The van der Waals surface area contributed by atoms with E-state index in [4.69, 9.17) is 25.8 Å². The zero-order chi connectivity index (χ0) is 24.3. The van der Waals surface area contributed by atoms with Gasteiger partial charge >= 0.3 is 5.95 Å². The second-order valence-corrected chi connectivity index (χ2v) is 8.53. The molecule has 0 unspecified atom stereocenters. The molecular formula is C26H29ClN4O4. The molecule has 2 aromatic rings. The molecule has 9 heteroatoms. The second-order valence-electron chi connectivity index (χ2n) is 8.13. The van der Waals surface area contributed by atoms with Crippen LogP contribution in [0.2, 0.25) is 5.02 Å². The van der Waals surface area contributed by atoms with Gasteiger partial charge in [-0.1, -0.05) is 60.2 Å². The molecule has 0 bridgehead atoms. The van der Waals surface area contributed by atoms with E-state index in [9.17, 15) is 4.79 Å². The lowest BCUT2D eigenvalue weighted by atomic mass is 10.0. The van der Waals surface area contributed by atoms with E-state index in [2.05, 4.69) is 38.6 Å². The Morgan fingerprint density at radius 1 is 1.17 bits per heavy atom. The van der Waals surface area contributed by atoms with Gasteiger partial charge in [0.05, 0.1) is 11.2 Å². The standard InChI is InChI=1S/C26H29ClN4O4/c27-22-16-29-30-26(32)25(22)28-12-7-13-31(17-20-8-3-1-4-9-20)14-15-33-24-19-34-23(18-35-24)21-10-5-2-6-11-21/h1-5,8-10,16,18-19H,6-7,11-15,17H2,(H,28,29)(H,30,32). The highest BCUT2D eigenvalue weighted by Gasteiger charge is 2.15. The minimum absolute atomic E-state index is 0.305. The number of rotatable bonds is 12. The molecule has 0 saturated heterocycles. The lowest BCUT2D eigenvalue weighted by Gasteiger charge is -2.23. The summed E-state index contributed by atoms with van der Waals surface area (Å²) in [5.74, 6) is 1.06. The quantitative estimate of drug-likeness (QED) is 0.411. The highest BCUT2D eigenvalue weighted by Crippen LogP contribution is 2.25. The molecular weight excluding hydrogens is 468 g/mol. The van der Waals surface area contributed by atoms with Crippen LogP contribution in [0.4, 0.5) is 5.69 Å². The molecule has 0 atom stereocenters. The molecule has 2 N–H and O–H groups in total. The van der Waals surface area contributed by atoms with Gasteiger partial charge in [-0.25, -0.2) is 5.10 Å². The first-order chi connectivity index (χ1) is 17.2. The Morgan fingerprint density at radius 3 is 2.80 bits per heavy atom. The van der Waals surface area contributed by atoms with E-state index in [0.717, 1.165) is 37.9 Å². The number of nitrogens with one attached hydrogen (secondary N) is 2. The van der Waals surface area contributed by atoms with Gasteiger partial charge in [0, 0.05) is 26.2 Å². The first-order valence-corrected chi connectivity index (χ1v) is 12.0. The van der Waals surface area contributed by atoms with E-state index in [1.54, 1.807) is 6.26 Å². The van der Waals surface area contributed by atoms with Crippen LogP contribution in [0.3, 0.4) is 0 Å². The topological polar surface area (TPSA) is 88.7 Å². The van der Waals surface area contributed by atoms with Gasteiger partial charge in [0.25, 0.3) is 5.56 Å². The summed E-state index contributed by atoms with van der Waals surface area (Å²) in [4.78, 5) is 14.2. The maximum absolute atomic E-state index is 11.9. The van der Waals surface area contributed by atoms with Crippen LogP contribution in [0.25, 0.3) is 0 Å². The smallest absolute Gasteiger partial charge is 0.321 e.